The van der Waals surface area contributed by atoms with Gasteiger partial charge in [0.2, 0.25) is 0 Å². The van der Waals surface area contributed by atoms with Gasteiger partial charge in [0, 0.05) is 19.1 Å². The molecule has 6 nitrogen and oxygen atoms in total. The molecule has 0 saturated carbocycles. The summed E-state index contributed by atoms with van der Waals surface area (Å²) in [4.78, 5) is 14.1. The van der Waals surface area contributed by atoms with Gasteiger partial charge in [0.25, 0.3) is 0 Å². The van der Waals surface area contributed by atoms with Gasteiger partial charge in [-0.2, -0.15) is 5.10 Å². The Kier molecular flexibility index (Phi) is 4.92. The first-order chi connectivity index (χ1) is 11.4. The highest BCUT2D eigenvalue weighted by atomic mass is 16.6. The predicted octanol–water partition coefficient (Wildman–Crippen LogP) is 2.85. The lowest BCUT2D eigenvalue weighted by atomic mass is 9.96. The fraction of sp³-hybridized carbons (Fsp3) is 0.722. The van der Waals surface area contributed by atoms with Crippen molar-refractivity contribution in [3.8, 4) is 0 Å². The number of ether oxygens (including phenoxy) is 1. The molecule has 1 fully saturated rings. The Bertz CT molecular complexity index is 589. The molecule has 3 rings (SSSR count). The molecule has 2 aliphatic rings. The Morgan fingerprint density at radius 3 is 2.62 bits per heavy atom. The summed E-state index contributed by atoms with van der Waals surface area (Å²) in [5.41, 5.74) is 2.08. The number of hydrogen-bond acceptors (Lipinski definition) is 5. The number of carbonyl (C=O) groups is 1. The lowest BCUT2D eigenvalue weighted by Crippen LogP contribution is -2.46. The van der Waals surface area contributed by atoms with Crippen molar-refractivity contribution in [2.75, 3.05) is 18.0 Å². The minimum absolute atomic E-state index is 0.168. The molecule has 1 amide bonds. The molecule has 0 bridgehead atoms. The number of aromatic nitrogens is 2. The highest BCUT2D eigenvalue weighted by Crippen LogP contribution is 2.24. The van der Waals surface area contributed by atoms with E-state index in [2.05, 4.69) is 26.5 Å². The Morgan fingerprint density at radius 2 is 1.92 bits per heavy atom. The van der Waals surface area contributed by atoms with E-state index in [1.807, 2.05) is 20.8 Å². The van der Waals surface area contributed by atoms with Crippen molar-refractivity contribution in [3.63, 3.8) is 0 Å². The normalized spacial score (nSPS) is 18.9. The number of aryl methyl sites for hydroxylation is 2. The average Bonchev–Trinajstić information content (AvgIpc) is 2.53. The maximum atomic E-state index is 11.9. The highest BCUT2D eigenvalue weighted by Gasteiger charge is 2.25. The first-order valence-electron chi connectivity index (χ1n) is 9.01. The maximum absolute atomic E-state index is 11.9. The molecular weight excluding hydrogens is 304 g/mol. The molecule has 132 valence electrons. The summed E-state index contributed by atoms with van der Waals surface area (Å²) in [5, 5.41) is 11.8. The third-order valence-corrected chi connectivity index (χ3v) is 4.60. The molecule has 0 unspecified atom stereocenters. The fourth-order valence-corrected chi connectivity index (χ4v) is 3.36. The molecule has 1 aromatic rings. The fourth-order valence-electron chi connectivity index (χ4n) is 3.36. The lowest BCUT2D eigenvalue weighted by Gasteiger charge is -2.33. The molecule has 6 heteroatoms. The van der Waals surface area contributed by atoms with Crippen LogP contribution in [0.25, 0.3) is 0 Å². The van der Waals surface area contributed by atoms with Crippen molar-refractivity contribution in [2.45, 2.75) is 70.9 Å². The number of alkyl carbamates (subject to hydrolysis) is 1. The van der Waals surface area contributed by atoms with Crippen LogP contribution in [0.15, 0.2) is 6.07 Å². The topological polar surface area (TPSA) is 67.3 Å². The number of fused-ring (bicyclic) bond motifs is 1. The van der Waals surface area contributed by atoms with Crippen molar-refractivity contribution in [3.05, 3.63) is 17.3 Å². The van der Waals surface area contributed by atoms with Gasteiger partial charge in [-0.25, -0.2) is 4.79 Å². The maximum Gasteiger partial charge on any atom is 0.407 e. The zero-order valence-corrected chi connectivity index (χ0v) is 15.0. The molecule has 1 saturated heterocycles. The SMILES string of the molecule is CC(C)(C)OC(=O)NC1CCN(c2cc3c(nn2)CCCC3)CC1. The van der Waals surface area contributed by atoms with E-state index >= 15 is 0 Å². The molecule has 1 N–H and O–H groups in total. The summed E-state index contributed by atoms with van der Waals surface area (Å²) in [6.45, 7) is 7.40. The first kappa shape index (κ1) is 17.0. The summed E-state index contributed by atoms with van der Waals surface area (Å²) in [6.07, 6.45) is 6.13. The van der Waals surface area contributed by atoms with E-state index in [4.69, 9.17) is 4.74 Å². The standard InChI is InChI=1S/C18H28N4O2/c1-18(2,3)24-17(23)19-14-8-10-22(11-9-14)16-12-13-6-4-5-7-15(13)20-21-16/h12,14H,4-11H2,1-3H3,(H,19,23). The number of rotatable bonds is 2. The van der Waals surface area contributed by atoms with Crippen LogP contribution < -0.4 is 10.2 Å². The number of carbonyl (C=O) groups excluding carboxylic acids is 1. The van der Waals surface area contributed by atoms with E-state index in [9.17, 15) is 4.79 Å². The Labute approximate surface area is 144 Å². The molecule has 0 aromatic carbocycles. The van der Waals surface area contributed by atoms with Crippen LogP contribution in [0.3, 0.4) is 0 Å². The Balaban J connectivity index is 1.53. The van der Waals surface area contributed by atoms with Gasteiger partial charge in [-0.1, -0.05) is 0 Å². The second kappa shape index (κ2) is 6.95. The molecule has 24 heavy (non-hydrogen) atoms. The van der Waals surface area contributed by atoms with Gasteiger partial charge in [-0.3, -0.25) is 0 Å². The van der Waals surface area contributed by atoms with E-state index in [-0.39, 0.29) is 12.1 Å². The summed E-state index contributed by atoms with van der Waals surface area (Å²) in [5.74, 6) is 0.978. The van der Waals surface area contributed by atoms with Crippen LogP contribution in [-0.4, -0.2) is 41.0 Å². The monoisotopic (exact) mass is 332 g/mol. The minimum Gasteiger partial charge on any atom is -0.444 e. The highest BCUT2D eigenvalue weighted by molar-refractivity contribution is 5.68. The lowest BCUT2D eigenvalue weighted by molar-refractivity contribution is 0.0497. The quantitative estimate of drug-likeness (QED) is 0.902. The smallest absolute Gasteiger partial charge is 0.407 e. The largest absolute Gasteiger partial charge is 0.444 e. The van der Waals surface area contributed by atoms with Crippen LogP contribution in [0.4, 0.5) is 10.6 Å². The van der Waals surface area contributed by atoms with Gasteiger partial charge in [-0.05, 0) is 70.9 Å². The molecule has 0 atom stereocenters. The Morgan fingerprint density at radius 1 is 1.21 bits per heavy atom. The van der Waals surface area contributed by atoms with E-state index in [1.165, 1.54) is 24.1 Å². The zero-order valence-electron chi connectivity index (χ0n) is 15.0. The van der Waals surface area contributed by atoms with Gasteiger partial charge in [0.15, 0.2) is 5.82 Å². The third kappa shape index (κ3) is 4.36. The van der Waals surface area contributed by atoms with Gasteiger partial charge in [0.05, 0.1) is 5.69 Å². The molecule has 2 heterocycles. The molecule has 1 aromatic heterocycles. The van der Waals surface area contributed by atoms with Crippen LogP contribution >= 0.6 is 0 Å². The summed E-state index contributed by atoms with van der Waals surface area (Å²) in [6, 6.07) is 2.38. The van der Waals surface area contributed by atoms with Crippen LogP contribution in [0.1, 0.15) is 57.7 Å². The summed E-state index contributed by atoms with van der Waals surface area (Å²) < 4.78 is 5.33. The zero-order chi connectivity index (χ0) is 17.2. The van der Waals surface area contributed by atoms with Crippen LogP contribution in [0.5, 0.6) is 0 Å². The molecule has 1 aliphatic heterocycles. The molecule has 0 radical (unpaired) electrons. The third-order valence-electron chi connectivity index (χ3n) is 4.60. The van der Waals surface area contributed by atoms with Crippen LogP contribution in [-0.2, 0) is 17.6 Å². The number of piperidine rings is 1. The number of hydrogen-bond donors (Lipinski definition) is 1. The number of nitrogens with zero attached hydrogens (tertiary/aromatic N) is 3. The number of amides is 1. The van der Waals surface area contributed by atoms with Crippen molar-refractivity contribution in [1.82, 2.24) is 15.5 Å². The second-order valence-corrected chi connectivity index (χ2v) is 7.79. The number of anilines is 1. The van der Waals surface area contributed by atoms with Gasteiger partial charge < -0.3 is 15.0 Å². The molecule has 0 spiro atoms. The van der Waals surface area contributed by atoms with Crippen molar-refractivity contribution in [1.29, 1.82) is 0 Å². The van der Waals surface area contributed by atoms with Crippen molar-refractivity contribution < 1.29 is 9.53 Å². The molecule has 1 aliphatic carbocycles. The minimum atomic E-state index is -0.455. The van der Waals surface area contributed by atoms with E-state index in [0.29, 0.717) is 0 Å². The van der Waals surface area contributed by atoms with Gasteiger partial charge >= 0.3 is 6.09 Å². The van der Waals surface area contributed by atoms with E-state index in [0.717, 1.165) is 44.6 Å². The second-order valence-electron chi connectivity index (χ2n) is 7.79. The van der Waals surface area contributed by atoms with Crippen LogP contribution in [0, 0.1) is 0 Å². The van der Waals surface area contributed by atoms with E-state index < -0.39 is 5.60 Å². The van der Waals surface area contributed by atoms with Crippen molar-refractivity contribution >= 4 is 11.9 Å². The Hall–Kier alpha value is -1.85. The van der Waals surface area contributed by atoms with Crippen molar-refractivity contribution in [2.24, 2.45) is 0 Å². The molecular formula is C18H28N4O2. The summed E-state index contributed by atoms with van der Waals surface area (Å²) >= 11 is 0. The predicted molar refractivity (Wildman–Crippen MR) is 93.3 cm³/mol. The van der Waals surface area contributed by atoms with E-state index in [1.54, 1.807) is 0 Å². The van der Waals surface area contributed by atoms with Gasteiger partial charge in [-0.15, -0.1) is 5.10 Å². The number of nitrogens with one attached hydrogen (secondary N) is 1. The first-order valence-corrected chi connectivity index (χ1v) is 9.01. The average molecular weight is 332 g/mol. The summed E-state index contributed by atoms with van der Waals surface area (Å²) in [7, 11) is 0. The van der Waals surface area contributed by atoms with Crippen LogP contribution in [0.2, 0.25) is 0 Å². The van der Waals surface area contributed by atoms with Gasteiger partial charge in [0.1, 0.15) is 5.60 Å².